The summed E-state index contributed by atoms with van der Waals surface area (Å²) in [5.41, 5.74) is 0. The highest BCUT2D eigenvalue weighted by Crippen LogP contribution is 2.25. The second kappa shape index (κ2) is 6.47. The van der Waals surface area contributed by atoms with Crippen LogP contribution in [-0.4, -0.2) is 37.6 Å². The number of carbonyl (C=O) groups excluding carboxylic acids is 1. The number of benzene rings is 1. The van der Waals surface area contributed by atoms with Crippen LogP contribution < -0.4 is 0 Å². The zero-order chi connectivity index (χ0) is 16.4. The Morgan fingerprint density at radius 3 is 2.52 bits per heavy atom. The molecule has 3 rings (SSSR count). The lowest BCUT2D eigenvalue weighted by molar-refractivity contribution is -0.128. The van der Waals surface area contributed by atoms with Gasteiger partial charge in [-0.2, -0.15) is 0 Å². The van der Waals surface area contributed by atoms with Crippen LogP contribution >= 0.6 is 22.9 Å². The van der Waals surface area contributed by atoms with E-state index in [1.54, 1.807) is 29.5 Å². The Bertz CT molecular complexity index is 821. The van der Waals surface area contributed by atoms with E-state index in [0.717, 1.165) is 4.88 Å². The van der Waals surface area contributed by atoms with Gasteiger partial charge < -0.3 is 4.90 Å². The summed E-state index contributed by atoms with van der Waals surface area (Å²) in [6.07, 6.45) is 3.23. The molecule has 1 aromatic carbocycles. The van der Waals surface area contributed by atoms with Gasteiger partial charge in [-0.1, -0.05) is 17.7 Å². The number of sulfone groups is 1. The van der Waals surface area contributed by atoms with Gasteiger partial charge in [0, 0.05) is 29.1 Å². The molecule has 0 bridgehead atoms. The van der Waals surface area contributed by atoms with Crippen molar-refractivity contribution in [3.63, 3.8) is 0 Å². The lowest BCUT2D eigenvalue weighted by Gasteiger charge is -2.38. The van der Waals surface area contributed by atoms with Gasteiger partial charge in [-0.05, 0) is 41.8 Å². The molecule has 0 unspecified atom stereocenters. The number of thiophene rings is 1. The van der Waals surface area contributed by atoms with E-state index in [-0.39, 0.29) is 23.9 Å². The van der Waals surface area contributed by atoms with Crippen LogP contribution in [-0.2, 0) is 14.6 Å². The first-order valence-corrected chi connectivity index (χ1v) is 9.77. The highest BCUT2D eigenvalue weighted by molar-refractivity contribution is 7.92. The molecule has 7 heteroatoms. The molecular formula is C16H14ClNO3S2. The fourth-order valence-electron chi connectivity index (χ4n) is 2.28. The molecule has 0 atom stereocenters. The standard InChI is InChI=1S/C16H14ClNO3S2/c17-12-3-6-14(7-4-12)23(20,21)15-10-18(11-15)16(19)8-5-13-2-1-9-22-13/h1-9,15H,10-11H2/b8-5+. The molecule has 1 fully saturated rings. The topological polar surface area (TPSA) is 54.5 Å². The molecule has 1 aliphatic rings. The second-order valence-electron chi connectivity index (χ2n) is 5.21. The fourth-order valence-corrected chi connectivity index (χ4v) is 4.67. The number of amides is 1. The molecule has 2 heterocycles. The average molecular weight is 368 g/mol. The lowest BCUT2D eigenvalue weighted by Crippen LogP contribution is -2.56. The first-order chi connectivity index (χ1) is 11.0. The molecule has 0 aliphatic carbocycles. The number of nitrogens with zero attached hydrogens (tertiary/aromatic N) is 1. The van der Waals surface area contributed by atoms with Gasteiger partial charge in [-0.25, -0.2) is 8.42 Å². The number of hydrogen-bond acceptors (Lipinski definition) is 4. The van der Waals surface area contributed by atoms with Crippen molar-refractivity contribution in [1.82, 2.24) is 4.90 Å². The third-order valence-corrected chi connectivity index (χ3v) is 6.87. The Hall–Kier alpha value is -1.63. The van der Waals surface area contributed by atoms with Crippen LogP contribution in [0.1, 0.15) is 4.88 Å². The van der Waals surface area contributed by atoms with Crippen molar-refractivity contribution in [3.8, 4) is 0 Å². The summed E-state index contributed by atoms with van der Waals surface area (Å²) in [4.78, 5) is 14.8. The number of halogens is 1. The van der Waals surface area contributed by atoms with Crippen molar-refractivity contribution in [2.45, 2.75) is 10.1 Å². The molecule has 0 saturated carbocycles. The van der Waals surface area contributed by atoms with Crippen molar-refractivity contribution in [3.05, 3.63) is 57.8 Å². The zero-order valence-electron chi connectivity index (χ0n) is 12.1. The van der Waals surface area contributed by atoms with Crippen LogP contribution in [0, 0.1) is 0 Å². The Balaban J connectivity index is 1.62. The van der Waals surface area contributed by atoms with E-state index in [4.69, 9.17) is 11.6 Å². The second-order valence-corrected chi connectivity index (χ2v) is 8.86. The third kappa shape index (κ3) is 3.49. The summed E-state index contributed by atoms with van der Waals surface area (Å²) in [7, 11) is -3.42. The largest absolute Gasteiger partial charge is 0.336 e. The van der Waals surface area contributed by atoms with Gasteiger partial charge >= 0.3 is 0 Å². The maximum Gasteiger partial charge on any atom is 0.246 e. The molecule has 0 radical (unpaired) electrons. The molecule has 1 amide bonds. The molecule has 1 aromatic heterocycles. The summed E-state index contributed by atoms with van der Waals surface area (Å²) in [6.45, 7) is 0.442. The minimum atomic E-state index is -3.42. The maximum atomic E-state index is 12.4. The molecule has 120 valence electrons. The molecule has 4 nitrogen and oxygen atoms in total. The molecule has 2 aromatic rings. The van der Waals surface area contributed by atoms with Crippen LogP contribution in [0.2, 0.25) is 5.02 Å². The van der Waals surface area contributed by atoms with Crippen LogP contribution in [0.3, 0.4) is 0 Å². The van der Waals surface area contributed by atoms with Gasteiger partial charge in [0.05, 0.1) is 4.90 Å². The predicted octanol–water partition coefficient (Wildman–Crippen LogP) is 3.10. The van der Waals surface area contributed by atoms with Crippen LogP contribution in [0.5, 0.6) is 0 Å². The molecule has 23 heavy (non-hydrogen) atoms. The Morgan fingerprint density at radius 1 is 1.22 bits per heavy atom. The van der Waals surface area contributed by atoms with Crippen molar-refractivity contribution < 1.29 is 13.2 Å². The summed E-state index contributed by atoms with van der Waals surface area (Å²) in [6, 6.07) is 9.93. The van der Waals surface area contributed by atoms with Gasteiger partial charge in [0.1, 0.15) is 5.25 Å². The quantitative estimate of drug-likeness (QED) is 0.780. The van der Waals surface area contributed by atoms with Crippen molar-refractivity contribution >= 4 is 44.8 Å². The van der Waals surface area contributed by atoms with Gasteiger partial charge in [0.25, 0.3) is 0 Å². The highest BCUT2D eigenvalue weighted by Gasteiger charge is 2.39. The molecule has 0 spiro atoms. The monoisotopic (exact) mass is 367 g/mol. The first-order valence-electron chi connectivity index (χ1n) is 6.97. The minimum Gasteiger partial charge on any atom is -0.336 e. The number of rotatable bonds is 4. The third-order valence-electron chi connectivity index (χ3n) is 3.67. The summed E-state index contributed by atoms with van der Waals surface area (Å²) < 4.78 is 24.9. The number of likely N-dealkylation sites (tertiary alicyclic amines) is 1. The van der Waals surface area contributed by atoms with Gasteiger partial charge in [0.2, 0.25) is 5.91 Å². The van der Waals surface area contributed by atoms with Gasteiger partial charge in [0.15, 0.2) is 9.84 Å². The highest BCUT2D eigenvalue weighted by atomic mass is 35.5. The average Bonchev–Trinajstić information content (AvgIpc) is 2.97. The minimum absolute atomic E-state index is 0.166. The van der Waals surface area contributed by atoms with Gasteiger partial charge in [-0.15, -0.1) is 11.3 Å². The lowest BCUT2D eigenvalue weighted by atomic mass is 10.2. The van der Waals surface area contributed by atoms with Crippen LogP contribution in [0.15, 0.2) is 52.7 Å². The summed E-state index contributed by atoms with van der Waals surface area (Å²) in [5, 5.41) is 1.87. The normalized spacial score (nSPS) is 15.8. The smallest absolute Gasteiger partial charge is 0.246 e. The summed E-state index contributed by atoms with van der Waals surface area (Å²) >= 11 is 7.32. The molecule has 0 N–H and O–H groups in total. The molecule has 1 aliphatic heterocycles. The number of hydrogen-bond donors (Lipinski definition) is 0. The molecular weight excluding hydrogens is 354 g/mol. The van der Waals surface area contributed by atoms with E-state index >= 15 is 0 Å². The predicted molar refractivity (Wildman–Crippen MR) is 92.4 cm³/mol. The van der Waals surface area contributed by atoms with Crippen molar-refractivity contribution in [1.29, 1.82) is 0 Å². The van der Waals surface area contributed by atoms with E-state index in [1.165, 1.54) is 23.1 Å². The fraction of sp³-hybridized carbons (Fsp3) is 0.188. The Kier molecular flexibility index (Phi) is 4.57. The van der Waals surface area contributed by atoms with E-state index in [1.807, 2.05) is 17.5 Å². The van der Waals surface area contributed by atoms with Crippen LogP contribution in [0.25, 0.3) is 6.08 Å². The Labute approximate surface area is 143 Å². The van der Waals surface area contributed by atoms with E-state index in [9.17, 15) is 13.2 Å². The SMILES string of the molecule is O=C(/C=C/c1cccs1)N1CC(S(=O)(=O)c2ccc(Cl)cc2)C1. The van der Waals surface area contributed by atoms with E-state index in [2.05, 4.69) is 0 Å². The zero-order valence-corrected chi connectivity index (χ0v) is 14.4. The van der Waals surface area contributed by atoms with E-state index < -0.39 is 15.1 Å². The van der Waals surface area contributed by atoms with Crippen molar-refractivity contribution in [2.75, 3.05) is 13.1 Å². The van der Waals surface area contributed by atoms with E-state index in [0.29, 0.717) is 5.02 Å². The Morgan fingerprint density at radius 2 is 1.91 bits per heavy atom. The van der Waals surface area contributed by atoms with Crippen LogP contribution in [0.4, 0.5) is 0 Å². The molecule has 1 saturated heterocycles. The maximum absolute atomic E-state index is 12.4. The van der Waals surface area contributed by atoms with Crippen molar-refractivity contribution in [2.24, 2.45) is 0 Å². The first kappa shape index (κ1) is 16.2. The number of carbonyl (C=O) groups is 1. The van der Waals surface area contributed by atoms with Gasteiger partial charge in [-0.3, -0.25) is 4.79 Å². The summed E-state index contributed by atoms with van der Waals surface area (Å²) in [5.74, 6) is -0.166.